The Hall–Kier alpha value is -2.18. The minimum Gasteiger partial charge on any atom is -0.497 e. The van der Waals surface area contributed by atoms with Crippen LogP contribution in [-0.2, 0) is 21.9 Å². The number of hydrogen-bond donors (Lipinski definition) is 1. The summed E-state index contributed by atoms with van der Waals surface area (Å²) in [5, 5.41) is 3.59. The Labute approximate surface area is 188 Å². The molecule has 7 heteroatoms. The molecule has 0 bridgehead atoms. The van der Waals surface area contributed by atoms with Crippen molar-refractivity contribution < 1.29 is 14.3 Å². The van der Waals surface area contributed by atoms with Gasteiger partial charge in [0.1, 0.15) is 11.8 Å². The molecule has 2 amide bonds. The Bertz CT molecular complexity index is 843. The lowest BCUT2D eigenvalue weighted by Gasteiger charge is -2.29. The predicted molar refractivity (Wildman–Crippen MR) is 124 cm³/mol. The van der Waals surface area contributed by atoms with Crippen LogP contribution in [0.15, 0.2) is 48.5 Å². The Balaban J connectivity index is 2.08. The van der Waals surface area contributed by atoms with Crippen molar-refractivity contribution in [1.82, 2.24) is 10.2 Å². The molecular weight excluding hydrogens is 420 g/mol. The summed E-state index contributed by atoms with van der Waals surface area (Å²) in [5.74, 6) is 1.46. The summed E-state index contributed by atoms with van der Waals surface area (Å²) in [6.45, 7) is 5.91. The van der Waals surface area contributed by atoms with E-state index in [0.717, 1.165) is 16.9 Å². The van der Waals surface area contributed by atoms with Crippen LogP contribution in [0.4, 0.5) is 0 Å². The van der Waals surface area contributed by atoms with E-state index in [1.165, 1.54) is 11.8 Å². The molecule has 0 aliphatic carbocycles. The Morgan fingerprint density at radius 1 is 1.10 bits per heavy atom. The number of halogens is 1. The number of amides is 2. The number of benzene rings is 2. The summed E-state index contributed by atoms with van der Waals surface area (Å²) < 4.78 is 5.28. The number of nitrogens with zero attached hydrogens (tertiary/aromatic N) is 1. The topological polar surface area (TPSA) is 58.6 Å². The molecule has 0 aliphatic heterocycles. The molecule has 0 saturated heterocycles. The van der Waals surface area contributed by atoms with Gasteiger partial charge in [0.05, 0.1) is 12.9 Å². The van der Waals surface area contributed by atoms with Crippen molar-refractivity contribution in [3.05, 3.63) is 64.7 Å². The average Bonchev–Trinajstić information content (AvgIpc) is 2.72. The fraction of sp³-hybridized carbons (Fsp3) is 0.391. The molecular formula is C23H29ClN2O3S. The first kappa shape index (κ1) is 24.1. The maximum Gasteiger partial charge on any atom is 0.242 e. The second-order valence-electron chi connectivity index (χ2n) is 7.33. The lowest BCUT2D eigenvalue weighted by molar-refractivity contribution is -0.138. The van der Waals surface area contributed by atoms with Gasteiger partial charge in [-0.2, -0.15) is 0 Å². The molecule has 0 heterocycles. The van der Waals surface area contributed by atoms with Crippen molar-refractivity contribution in [2.24, 2.45) is 0 Å². The Morgan fingerprint density at radius 3 is 2.43 bits per heavy atom. The van der Waals surface area contributed by atoms with Crippen molar-refractivity contribution >= 4 is 35.2 Å². The highest BCUT2D eigenvalue weighted by Gasteiger charge is 2.26. The molecule has 0 unspecified atom stereocenters. The van der Waals surface area contributed by atoms with Gasteiger partial charge >= 0.3 is 0 Å². The third-order valence-corrected chi connectivity index (χ3v) is 5.73. The number of carbonyl (C=O) groups is 2. The highest BCUT2D eigenvalue weighted by molar-refractivity contribution is 7.99. The van der Waals surface area contributed by atoms with Gasteiger partial charge in [0.2, 0.25) is 11.8 Å². The minimum absolute atomic E-state index is 0.00741. The lowest BCUT2D eigenvalue weighted by atomic mass is 10.1. The third-order valence-electron chi connectivity index (χ3n) is 4.49. The molecule has 0 radical (unpaired) electrons. The van der Waals surface area contributed by atoms with Gasteiger partial charge in [0, 0.05) is 23.4 Å². The zero-order valence-electron chi connectivity index (χ0n) is 17.9. The smallest absolute Gasteiger partial charge is 0.242 e. The van der Waals surface area contributed by atoms with Gasteiger partial charge in [-0.1, -0.05) is 35.9 Å². The van der Waals surface area contributed by atoms with Crippen LogP contribution >= 0.6 is 23.4 Å². The zero-order chi connectivity index (χ0) is 22.1. The van der Waals surface area contributed by atoms with Gasteiger partial charge in [0.15, 0.2) is 0 Å². The first-order valence-electron chi connectivity index (χ1n) is 9.85. The van der Waals surface area contributed by atoms with Crippen molar-refractivity contribution in [2.75, 3.05) is 12.9 Å². The molecule has 0 saturated carbocycles. The van der Waals surface area contributed by atoms with E-state index >= 15 is 0 Å². The standard InChI is InChI=1S/C23H29ClN2O3S/c1-16(2)25-23(28)17(3)26(13-19-6-5-7-21(12-19)29-4)22(27)15-30-14-18-8-10-20(24)11-9-18/h5-12,16-17H,13-15H2,1-4H3,(H,25,28)/t17-/m0/s1. The maximum atomic E-state index is 13.1. The molecule has 162 valence electrons. The monoisotopic (exact) mass is 448 g/mol. The minimum atomic E-state index is -0.581. The van der Waals surface area contributed by atoms with E-state index in [1.807, 2.05) is 62.4 Å². The summed E-state index contributed by atoms with van der Waals surface area (Å²) in [7, 11) is 1.61. The Morgan fingerprint density at radius 2 is 1.80 bits per heavy atom. The van der Waals surface area contributed by atoms with Crippen LogP contribution in [-0.4, -0.2) is 41.7 Å². The molecule has 2 aromatic rings. The van der Waals surface area contributed by atoms with E-state index in [4.69, 9.17) is 16.3 Å². The summed E-state index contributed by atoms with van der Waals surface area (Å²) in [6.07, 6.45) is 0. The van der Waals surface area contributed by atoms with E-state index in [9.17, 15) is 9.59 Å². The van der Waals surface area contributed by atoms with Crippen molar-refractivity contribution in [3.8, 4) is 5.75 Å². The third kappa shape index (κ3) is 7.58. The van der Waals surface area contributed by atoms with Crippen LogP contribution in [0.2, 0.25) is 5.02 Å². The number of carbonyl (C=O) groups excluding carboxylic acids is 2. The van der Waals surface area contributed by atoms with E-state index in [1.54, 1.807) is 18.9 Å². The predicted octanol–water partition coefficient (Wildman–Crippen LogP) is 4.52. The summed E-state index contributed by atoms with van der Waals surface area (Å²) in [4.78, 5) is 27.3. The maximum absolute atomic E-state index is 13.1. The second kappa shape index (κ2) is 11.9. The zero-order valence-corrected chi connectivity index (χ0v) is 19.4. The average molecular weight is 449 g/mol. The normalized spacial score (nSPS) is 11.8. The van der Waals surface area contributed by atoms with Crippen LogP contribution in [0, 0.1) is 0 Å². The molecule has 5 nitrogen and oxygen atoms in total. The number of hydrogen-bond acceptors (Lipinski definition) is 4. The van der Waals surface area contributed by atoms with Crippen LogP contribution in [0.25, 0.3) is 0 Å². The van der Waals surface area contributed by atoms with Crippen LogP contribution in [0.1, 0.15) is 31.9 Å². The SMILES string of the molecule is COc1cccc(CN(C(=O)CSCc2ccc(Cl)cc2)[C@@H](C)C(=O)NC(C)C)c1. The largest absolute Gasteiger partial charge is 0.497 e. The van der Waals surface area contributed by atoms with E-state index in [-0.39, 0.29) is 23.6 Å². The summed E-state index contributed by atoms with van der Waals surface area (Å²) in [6, 6.07) is 14.6. The lowest BCUT2D eigenvalue weighted by Crippen LogP contribution is -2.49. The van der Waals surface area contributed by atoms with Gasteiger partial charge in [0.25, 0.3) is 0 Å². The van der Waals surface area contributed by atoms with Gasteiger partial charge < -0.3 is 15.0 Å². The van der Waals surface area contributed by atoms with Crippen LogP contribution < -0.4 is 10.1 Å². The van der Waals surface area contributed by atoms with Crippen molar-refractivity contribution in [1.29, 1.82) is 0 Å². The molecule has 0 aromatic heterocycles. The van der Waals surface area contributed by atoms with Crippen LogP contribution in [0.3, 0.4) is 0 Å². The fourth-order valence-corrected chi connectivity index (χ4v) is 3.87. The molecule has 1 N–H and O–H groups in total. The molecule has 30 heavy (non-hydrogen) atoms. The van der Waals surface area contributed by atoms with Gasteiger partial charge in [-0.25, -0.2) is 0 Å². The number of nitrogens with one attached hydrogen (secondary N) is 1. The number of ether oxygens (including phenoxy) is 1. The molecule has 0 spiro atoms. The van der Waals surface area contributed by atoms with Crippen molar-refractivity contribution in [3.63, 3.8) is 0 Å². The second-order valence-corrected chi connectivity index (χ2v) is 8.75. The van der Waals surface area contributed by atoms with E-state index in [0.29, 0.717) is 17.3 Å². The van der Waals surface area contributed by atoms with Gasteiger partial charge in [-0.3, -0.25) is 9.59 Å². The van der Waals surface area contributed by atoms with Gasteiger partial charge in [-0.15, -0.1) is 11.8 Å². The summed E-state index contributed by atoms with van der Waals surface area (Å²) in [5.41, 5.74) is 2.01. The quantitative estimate of drug-likeness (QED) is 0.580. The molecule has 2 rings (SSSR count). The van der Waals surface area contributed by atoms with Crippen molar-refractivity contribution in [2.45, 2.75) is 45.2 Å². The molecule has 1 atom stereocenters. The van der Waals surface area contributed by atoms with Gasteiger partial charge in [-0.05, 0) is 56.2 Å². The van der Waals surface area contributed by atoms with E-state index < -0.39 is 6.04 Å². The Kier molecular flexibility index (Phi) is 9.53. The first-order chi connectivity index (χ1) is 14.3. The summed E-state index contributed by atoms with van der Waals surface area (Å²) >= 11 is 7.44. The fourth-order valence-electron chi connectivity index (χ4n) is 2.87. The molecule has 0 aliphatic rings. The number of methoxy groups -OCH3 is 1. The van der Waals surface area contributed by atoms with Crippen LogP contribution in [0.5, 0.6) is 5.75 Å². The number of thioether (sulfide) groups is 1. The highest BCUT2D eigenvalue weighted by Crippen LogP contribution is 2.19. The molecule has 2 aromatic carbocycles. The van der Waals surface area contributed by atoms with E-state index in [2.05, 4.69) is 5.32 Å². The highest BCUT2D eigenvalue weighted by atomic mass is 35.5. The first-order valence-corrected chi connectivity index (χ1v) is 11.4. The molecule has 0 fully saturated rings. The number of rotatable bonds is 10.